The van der Waals surface area contributed by atoms with Crippen molar-refractivity contribution in [3.05, 3.63) is 35.1 Å². The Kier molecular flexibility index (Phi) is 3.82. The number of nitrogens with one attached hydrogen (secondary N) is 1. The molecule has 0 aromatic heterocycles. The van der Waals surface area contributed by atoms with E-state index in [1.54, 1.807) is 13.0 Å². The molecule has 0 unspecified atom stereocenters. The van der Waals surface area contributed by atoms with Gasteiger partial charge in [-0.1, -0.05) is 31.4 Å². The standard InChI is InChI=1S/C15H22FN/c1-12-6-7-13(10-14(12)16)11-17-15(2)8-4-3-5-9-15/h6-7,10,17H,3-5,8-9,11H2,1-2H3. The fourth-order valence-electron chi connectivity index (χ4n) is 2.57. The van der Waals surface area contributed by atoms with Gasteiger partial charge in [0.15, 0.2) is 0 Å². The summed E-state index contributed by atoms with van der Waals surface area (Å²) in [6.07, 6.45) is 6.45. The topological polar surface area (TPSA) is 12.0 Å². The SMILES string of the molecule is Cc1ccc(CNC2(C)CCCCC2)cc1F. The van der Waals surface area contributed by atoms with Gasteiger partial charge in [0.25, 0.3) is 0 Å². The largest absolute Gasteiger partial charge is 0.307 e. The van der Waals surface area contributed by atoms with E-state index in [9.17, 15) is 4.39 Å². The molecule has 0 radical (unpaired) electrons. The Hall–Kier alpha value is -0.890. The lowest BCUT2D eigenvalue weighted by Gasteiger charge is -2.34. The molecular formula is C15H22FN. The Morgan fingerprint density at radius 3 is 2.59 bits per heavy atom. The Morgan fingerprint density at radius 2 is 1.94 bits per heavy atom. The monoisotopic (exact) mass is 235 g/mol. The van der Waals surface area contributed by atoms with Gasteiger partial charge in [-0.05, 0) is 43.9 Å². The van der Waals surface area contributed by atoms with Crippen LogP contribution in [0.25, 0.3) is 0 Å². The first-order valence-electron chi connectivity index (χ1n) is 6.59. The molecule has 0 saturated heterocycles. The van der Waals surface area contributed by atoms with Crippen LogP contribution in [-0.2, 0) is 6.54 Å². The highest BCUT2D eigenvalue weighted by atomic mass is 19.1. The summed E-state index contributed by atoms with van der Waals surface area (Å²) in [5.41, 5.74) is 2.01. The van der Waals surface area contributed by atoms with Crippen molar-refractivity contribution >= 4 is 0 Å². The van der Waals surface area contributed by atoms with Gasteiger partial charge in [0.05, 0.1) is 0 Å². The maximum absolute atomic E-state index is 13.4. The molecule has 94 valence electrons. The summed E-state index contributed by atoms with van der Waals surface area (Å²) in [6, 6.07) is 5.52. The molecule has 2 heteroatoms. The van der Waals surface area contributed by atoms with Crippen LogP contribution in [0.3, 0.4) is 0 Å². The van der Waals surface area contributed by atoms with Crippen LogP contribution in [0.4, 0.5) is 4.39 Å². The fraction of sp³-hybridized carbons (Fsp3) is 0.600. The van der Waals surface area contributed by atoms with Crippen LogP contribution in [0, 0.1) is 12.7 Å². The highest BCUT2D eigenvalue weighted by Gasteiger charge is 2.25. The van der Waals surface area contributed by atoms with Crippen molar-refractivity contribution in [2.45, 2.75) is 58.0 Å². The Labute approximate surface area is 103 Å². The number of benzene rings is 1. The summed E-state index contributed by atoms with van der Waals surface area (Å²) in [5.74, 6) is -0.0990. The van der Waals surface area contributed by atoms with Crippen molar-refractivity contribution < 1.29 is 4.39 Å². The number of aryl methyl sites for hydroxylation is 1. The zero-order valence-electron chi connectivity index (χ0n) is 10.9. The van der Waals surface area contributed by atoms with Crippen molar-refractivity contribution in [3.8, 4) is 0 Å². The van der Waals surface area contributed by atoms with Crippen LogP contribution in [0.1, 0.15) is 50.2 Å². The minimum absolute atomic E-state index is 0.0990. The molecule has 1 nitrogen and oxygen atoms in total. The zero-order valence-corrected chi connectivity index (χ0v) is 10.9. The third-order valence-electron chi connectivity index (χ3n) is 3.91. The summed E-state index contributed by atoms with van der Waals surface area (Å²) >= 11 is 0. The molecule has 1 aliphatic rings. The first kappa shape index (κ1) is 12.6. The van der Waals surface area contributed by atoms with Gasteiger partial charge < -0.3 is 5.32 Å². The fourth-order valence-corrected chi connectivity index (χ4v) is 2.57. The number of rotatable bonds is 3. The van der Waals surface area contributed by atoms with Crippen molar-refractivity contribution in [2.24, 2.45) is 0 Å². The van der Waals surface area contributed by atoms with E-state index in [0.717, 1.165) is 17.7 Å². The van der Waals surface area contributed by atoms with Crippen molar-refractivity contribution in [2.75, 3.05) is 0 Å². The van der Waals surface area contributed by atoms with E-state index in [4.69, 9.17) is 0 Å². The molecule has 17 heavy (non-hydrogen) atoms. The lowest BCUT2D eigenvalue weighted by Crippen LogP contribution is -2.43. The average molecular weight is 235 g/mol. The summed E-state index contributed by atoms with van der Waals surface area (Å²) in [7, 11) is 0. The highest BCUT2D eigenvalue weighted by Crippen LogP contribution is 2.27. The second-order valence-electron chi connectivity index (χ2n) is 5.56. The third kappa shape index (κ3) is 3.29. The minimum atomic E-state index is -0.0990. The van der Waals surface area contributed by atoms with Gasteiger partial charge in [0.1, 0.15) is 5.82 Å². The Morgan fingerprint density at radius 1 is 1.24 bits per heavy atom. The summed E-state index contributed by atoms with van der Waals surface area (Å²) in [4.78, 5) is 0. The molecule has 0 heterocycles. The lowest BCUT2D eigenvalue weighted by atomic mass is 9.83. The molecule has 0 atom stereocenters. The first-order valence-corrected chi connectivity index (χ1v) is 6.59. The van der Waals surface area contributed by atoms with E-state index in [1.165, 1.54) is 32.1 Å². The zero-order chi connectivity index (χ0) is 12.3. The molecule has 2 rings (SSSR count). The lowest BCUT2D eigenvalue weighted by molar-refractivity contribution is 0.252. The van der Waals surface area contributed by atoms with E-state index >= 15 is 0 Å². The Bertz CT molecular complexity index is 381. The molecule has 1 aromatic carbocycles. The molecule has 1 fully saturated rings. The van der Waals surface area contributed by atoms with Crippen LogP contribution in [0.2, 0.25) is 0 Å². The van der Waals surface area contributed by atoms with Gasteiger partial charge in [-0.2, -0.15) is 0 Å². The molecule has 1 N–H and O–H groups in total. The molecule has 0 spiro atoms. The van der Waals surface area contributed by atoms with E-state index in [0.29, 0.717) is 0 Å². The van der Waals surface area contributed by atoms with Gasteiger partial charge in [0, 0.05) is 12.1 Å². The van der Waals surface area contributed by atoms with E-state index in [-0.39, 0.29) is 11.4 Å². The third-order valence-corrected chi connectivity index (χ3v) is 3.91. The number of halogens is 1. The van der Waals surface area contributed by atoms with Crippen LogP contribution >= 0.6 is 0 Å². The summed E-state index contributed by atoms with van der Waals surface area (Å²) < 4.78 is 13.4. The van der Waals surface area contributed by atoms with Crippen LogP contribution < -0.4 is 5.32 Å². The smallest absolute Gasteiger partial charge is 0.126 e. The molecule has 1 saturated carbocycles. The van der Waals surface area contributed by atoms with E-state index in [2.05, 4.69) is 12.2 Å². The van der Waals surface area contributed by atoms with Crippen LogP contribution in [-0.4, -0.2) is 5.54 Å². The predicted molar refractivity (Wildman–Crippen MR) is 69.5 cm³/mol. The highest BCUT2D eigenvalue weighted by molar-refractivity contribution is 5.23. The molecule has 0 amide bonds. The second kappa shape index (κ2) is 5.18. The van der Waals surface area contributed by atoms with E-state index < -0.39 is 0 Å². The first-order chi connectivity index (χ1) is 8.09. The van der Waals surface area contributed by atoms with Gasteiger partial charge >= 0.3 is 0 Å². The van der Waals surface area contributed by atoms with Gasteiger partial charge in [-0.3, -0.25) is 0 Å². The predicted octanol–water partition coefficient (Wildman–Crippen LogP) is 3.95. The molecule has 0 aliphatic heterocycles. The summed E-state index contributed by atoms with van der Waals surface area (Å²) in [6.45, 7) is 4.86. The second-order valence-corrected chi connectivity index (χ2v) is 5.56. The van der Waals surface area contributed by atoms with Crippen LogP contribution in [0.15, 0.2) is 18.2 Å². The van der Waals surface area contributed by atoms with Gasteiger partial charge in [-0.25, -0.2) is 4.39 Å². The molecule has 1 aromatic rings. The maximum atomic E-state index is 13.4. The van der Waals surface area contributed by atoms with Gasteiger partial charge in [-0.15, -0.1) is 0 Å². The quantitative estimate of drug-likeness (QED) is 0.836. The molecule has 1 aliphatic carbocycles. The number of hydrogen-bond acceptors (Lipinski definition) is 1. The summed E-state index contributed by atoms with van der Waals surface area (Å²) in [5, 5.41) is 3.59. The van der Waals surface area contributed by atoms with Crippen molar-refractivity contribution in [1.82, 2.24) is 5.32 Å². The van der Waals surface area contributed by atoms with E-state index in [1.807, 2.05) is 12.1 Å². The van der Waals surface area contributed by atoms with Gasteiger partial charge in [0.2, 0.25) is 0 Å². The normalized spacial score (nSPS) is 19.2. The average Bonchev–Trinajstić information content (AvgIpc) is 2.32. The van der Waals surface area contributed by atoms with Crippen LogP contribution in [0.5, 0.6) is 0 Å². The maximum Gasteiger partial charge on any atom is 0.126 e. The van der Waals surface area contributed by atoms with Crippen molar-refractivity contribution in [1.29, 1.82) is 0 Å². The Balaban J connectivity index is 1.94. The molecule has 0 bridgehead atoms. The van der Waals surface area contributed by atoms with Crippen molar-refractivity contribution in [3.63, 3.8) is 0 Å². The minimum Gasteiger partial charge on any atom is -0.307 e. The molecular weight excluding hydrogens is 213 g/mol. The number of hydrogen-bond donors (Lipinski definition) is 1.